The van der Waals surface area contributed by atoms with Gasteiger partial charge in [0.1, 0.15) is 11.4 Å². The van der Waals surface area contributed by atoms with Crippen molar-refractivity contribution < 1.29 is 9.18 Å². The zero-order chi connectivity index (χ0) is 22.2. The Hall–Kier alpha value is -3.01. The van der Waals surface area contributed by atoms with Crippen LogP contribution >= 0.6 is 11.3 Å². The second-order valence-electron chi connectivity index (χ2n) is 8.46. The summed E-state index contributed by atoms with van der Waals surface area (Å²) in [4.78, 5) is 36.7. The van der Waals surface area contributed by atoms with Crippen molar-refractivity contribution in [2.24, 2.45) is 5.92 Å². The third-order valence-corrected chi connectivity index (χ3v) is 7.30. The number of fused-ring (bicyclic) bond motifs is 1. The average molecular weight is 457 g/mol. The smallest absolute Gasteiger partial charge is 0.288 e. The van der Waals surface area contributed by atoms with E-state index < -0.39 is 5.56 Å². The second-order valence-corrected chi connectivity index (χ2v) is 9.39. The van der Waals surface area contributed by atoms with E-state index in [2.05, 4.69) is 21.9 Å². The van der Waals surface area contributed by atoms with E-state index in [1.807, 2.05) is 4.90 Å². The Bertz CT molecular complexity index is 1190. The number of carbonyl (C=O) groups is 1. The largest absolute Gasteiger partial charge is 0.366 e. The molecule has 0 N–H and O–H groups in total. The summed E-state index contributed by atoms with van der Waals surface area (Å²) in [6, 6.07) is 6.62. The van der Waals surface area contributed by atoms with Crippen molar-refractivity contribution in [3.63, 3.8) is 0 Å². The quantitative estimate of drug-likeness (QED) is 0.603. The van der Waals surface area contributed by atoms with Crippen LogP contribution in [0.25, 0.3) is 4.96 Å². The van der Waals surface area contributed by atoms with Crippen LogP contribution in [0.5, 0.6) is 0 Å². The zero-order valence-electron chi connectivity index (χ0n) is 17.9. The van der Waals surface area contributed by atoms with Crippen LogP contribution in [-0.4, -0.2) is 64.7 Å². The Labute approximate surface area is 188 Å². The van der Waals surface area contributed by atoms with E-state index >= 15 is 0 Å². The second kappa shape index (κ2) is 8.50. The predicted molar refractivity (Wildman–Crippen MR) is 122 cm³/mol. The molecule has 2 fully saturated rings. The van der Waals surface area contributed by atoms with Gasteiger partial charge in [0.05, 0.1) is 5.69 Å². The van der Waals surface area contributed by atoms with Gasteiger partial charge in [0.25, 0.3) is 11.5 Å². The maximum atomic E-state index is 14.1. The lowest BCUT2D eigenvalue weighted by atomic mass is 10.00. The molecule has 0 radical (unpaired) electrons. The van der Waals surface area contributed by atoms with E-state index in [-0.39, 0.29) is 17.3 Å². The molecular formula is C22H25FN6O2S. The number of para-hydroxylation sites is 1. The summed E-state index contributed by atoms with van der Waals surface area (Å²) in [7, 11) is 0. The van der Waals surface area contributed by atoms with E-state index in [4.69, 9.17) is 0 Å². The van der Waals surface area contributed by atoms with Crippen molar-refractivity contribution in [1.29, 1.82) is 0 Å². The molecule has 0 bridgehead atoms. The number of amides is 1. The highest BCUT2D eigenvalue weighted by atomic mass is 32.1. The normalized spacial score (nSPS) is 17.9. The fourth-order valence-electron chi connectivity index (χ4n) is 4.28. The molecule has 0 saturated carbocycles. The van der Waals surface area contributed by atoms with Crippen LogP contribution in [0.15, 0.2) is 35.3 Å². The molecule has 2 aliphatic rings. The number of rotatable bonds is 3. The number of nitrogens with zero attached hydrogens (tertiary/aromatic N) is 6. The number of piperazine rings is 1. The molecule has 0 atom stereocenters. The Morgan fingerprint density at radius 2 is 1.78 bits per heavy atom. The van der Waals surface area contributed by atoms with E-state index in [9.17, 15) is 14.0 Å². The monoisotopic (exact) mass is 456 g/mol. The van der Waals surface area contributed by atoms with Crippen molar-refractivity contribution in [2.75, 3.05) is 49.1 Å². The van der Waals surface area contributed by atoms with Crippen LogP contribution in [0.2, 0.25) is 0 Å². The summed E-state index contributed by atoms with van der Waals surface area (Å²) in [5, 5.41) is 5.24. The van der Waals surface area contributed by atoms with Gasteiger partial charge >= 0.3 is 0 Å². The average Bonchev–Trinajstić information content (AvgIpc) is 3.25. The number of hydrogen-bond donors (Lipinski definition) is 0. The molecule has 0 spiro atoms. The van der Waals surface area contributed by atoms with Gasteiger partial charge < -0.3 is 14.7 Å². The topological polar surface area (TPSA) is 74.1 Å². The van der Waals surface area contributed by atoms with E-state index in [0.717, 1.165) is 31.1 Å². The molecule has 0 aliphatic carbocycles. The molecule has 168 valence electrons. The molecule has 1 aromatic carbocycles. The van der Waals surface area contributed by atoms with Crippen molar-refractivity contribution in [3.8, 4) is 0 Å². The van der Waals surface area contributed by atoms with E-state index in [1.165, 1.54) is 28.1 Å². The van der Waals surface area contributed by atoms with Gasteiger partial charge in [-0.3, -0.25) is 9.59 Å². The first-order chi connectivity index (χ1) is 15.5. The Morgan fingerprint density at radius 1 is 1.06 bits per heavy atom. The molecule has 8 nitrogen and oxygen atoms in total. The number of hydrogen-bond acceptors (Lipinski definition) is 7. The molecule has 10 heteroatoms. The minimum absolute atomic E-state index is 0.0194. The Balaban J connectivity index is 1.32. The molecule has 2 saturated heterocycles. The van der Waals surface area contributed by atoms with Crippen molar-refractivity contribution in [2.45, 2.75) is 19.8 Å². The summed E-state index contributed by atoms with van der Waals surface area (Å²) in [6.45, 7) is 5.88. The van der Waals surface area contributed by atoms with Crippen LogP contribution in [0.4, 0.5) is 15.2 Å². The summed E-state index contributed by atoms with van der Waals surface area (Å²) < 4.78 is 15.3. The van der Waals surface area contributed by atoms with Gasteiger partial charge in [0, 0.05) is 45.5 Å². The molecule has 4 heterocycles. The number of piperidine rings is 1. The molecular weight excluding hydrogens is 431 g/mol. The van der Waals surface area contributed by atoms with Gasteiger partial charge in [0.15, 0.2) is 0 Å². The minimum atomic E-state index is -0.440. The summed E-state index contributed by atoms with van der Waals surface area (Å²) in [5.41, 5.74) is 0.111. The lowest BCUT2D eigenvalue weighted by Crippen LogP contribution is -2.50. The highest BCUT2D eigenvalue weighted by Gasteiger charge is 2.27. The van der Waals surface area contributed by atoms with Gasteiger partial charge in [-0.05, 0) is 30.9 Å². The van der Waals surface area contributed by atoms with Crippen molar-refractivity contribution >= 4 is 33.0 Å². The first-order valence-corrected chi connectivity index (χ1v) is 11.8. The lowest BCUT2D eigenvalue weighted by molar-refractivity contribution is 0.0744. The van der Waals surface area contributed by atoms with E-state index in [0.29, 0.717) is 42.7 Å². The van der Waals surface area contributed by atoms with Gasteiger partial charge in [-0.25, -0.2) is 9.37 Å². The molecule has 3 aromatic rings. The van der Waals surface area contributed by atoms with Crippen LogP contribution < -0.4 is 15.4 Å². The fourth-order valence-corrected chi connectivity index (χ4v) is 5.19. The molecule has 2 aliphatic heterocycles. The SMILES string of the molecule is CC1CCN(c2nn3c(=O)c(C(=O)N4CCN(c5ccccc5F)CC4)cnc3s2)CC1. The number of halogens is 1. The molecule has 0 unspecified atom stereocenters. The third-order valence-electron chi connectivity index (χ3n) is 6.32. The number of carbonyl (C=O) groups excluding carboxylic acids is 1. The molecule has 1 amide bonds. The fraction of sp³-hybridized carbons (Fsp3) is 0.455. The van der Waals surface area contributed by atoms with Gasteiger partial charge in [0.2, 0.25) is 10.1 Å². The standard InChI is InChI=1S/C22H25FN6O2S/c1-15-6-8-28(9-7-15)22-25-29-20(31)16(14-24-21(29)32-22)19(30)27-12-10-26(11-13-27)18-5-3-2-4-17(18)23/h2-5,14-15H,6-13H2,1H3. The number of benzene rings is 1. The zero-order valence-corrected chi connectivity index (χ0v) is 18.7. The summed E-state index contributed by atoms with van der Waals surface area (Å²) >= 11 is 1.37. The first-order valence-electron chi connectivity index (χ1n) is 10.9. The number of anilines is 2. The van der Waals surface area contributed by atoms with Gasteiger partial charge in [-0.2, -0.15) is 4.52 Å². The maximum Gasteiger partial charge on any atom is 0.288 e. The Morgan fingerprint density at radius 3 is 2.50 bits per heavy atom. The first kappa shape index (κ1) is 20.9. The Kier molecular flexibility index (Phi) is 5.54. The summed E-state index contributed by atoms with van der Waals surface area (Å²) in [6.07, 6.45) is 3.56. The molecule has 5 rings (SSSR count). The minimum Gasteiger partial charge on any atom is -0.366 e. The summed E-state index contributed by atoms with van der Waals surface area (Å²) in [5.74, 6) is 0.0682. The lowest BCUT2D eigenvalue weighted by Gasteiger charge is -2.36. The molecule has 2 aromatic heterocycles. The van der Waals surface area contributed by atoms with Crippen LogP contribution in [-0.2, 0) is 0 Å². The highest BCUT2D eigenvalue weighted by molar-refractivity contribution is 7.20. The highest BCUT2D eigenvalue weighted by Crippen LogP contribution is 2.26. The van der Waals surface area contributed by atoms with Crippen LogP contribution in [0.1, 0.15) is 30.1 Å². The number of aromatic nitrogens is 3. The molecule has 32 heavy (non-hydrogen) atoms. The van der Waals surface area contributed by atoms with Crippen LogP contribution in [0.3, 0.4) is 0 Å². The van der Waals surface area contributed by atoms with E-state index in [1.54, 1.807) is 23.1 Å². The van der Waals surface area contributed by atoms with Gasteiger partial charge in [-0.15, -0.1) is 5.10 Å². The maximum absolute atomic E-state index is 14.1. The predicted octanol–water partition coefficient (Wildman–Crippen LogP) is 2.49. The van der Waals surface area contributed by atoms with Crippen molar-refractivity contribution in [1.82, 2.24) is 19.5 Å². The van der Waals surface area contributed by atoms with Gasteiger partial charge in [-0.1, -0.05) is 30.4 Å². The van der Waals surface area contributed by atoms with Crippen molar-refractivity contribution in [3.05, 3.63) is 52.2 Å². The van der Waals surface area contributed by atoms with Crippen LogP contribution in [0, 0.1) is 11.7 Å². The third kappa shape index (κ3) is 3.83.